The van der Waals surface area contributed by atoms with Crippen molar-refractivity contribution >= 4 is 21.4 Å². The molecule has 6 nitrogen and oxygen atoms in total. The number of nitrogens with zero attached hydrogens (tertiary/aromatic N) is 2. The van der Waals surface area contributed by atoms with Crippen LogP contribution < -0.4 is 5.32 Å². The van der Waals surface area contributed by atoms with E-state index in [9.17, 15) is 13.2 Å². The summed E-state index contributed by atoms with van der Waals surface area (Å²) < 4.78 is 23.2. The van der Waals surface area contributed by atoms with Gasteiger partial charge in [-0.3, -0.25) is 9.78 Å². The van der Waals surface area contributed by atoms with Crippen LogP contribution in [-0.2, 0) is 22.8 Å². The first-order valence-corrected chi connectivity index (χ1v) is 10.6. The Kier molecular flexibility index (Phi) is 4.40. The molecule has 2 aromatic rings. The molecule has 7 heteroatoms. The van der Waals surface area contributed by atoms with Gasteiger partial charge in [0.1, 0.15) is 5.69 Å². The van der Waals surface area contributed by atoms with E-state index in [0.717, 1.165) is 12.1 Å². The van der Waals surface area contributed by atoms with Crippen molar-refractivity contribution in [2.24, 2.45) is 0 Å². The number of sulfone groups is 1. The number of hydrogen-bond acceptors (Lipinski definition) is 5. The summed E-state index contributed by atoms with van der Waals surface area (Å²) >= 11 is 0. The Balaban J connectivity index is 1.47. The van der Waals surface area contributed by atoms with E-state index in [4.69, 9.17) is 0 Å². The van der Waals surface area contributed by atoms with Gasteiger partial charge in [-0.2, -0.15) is 0 Å². The first-order valence-electron chi connectivity index (χ1n) is 8.79. The van der Waals surface area contributed by atoms with E-state index in [1.165, 1.54) is 11.1 Å². The number of aromatic nitrogens is 1. The third-order valence-electron chi connectivity index (χ3n) is 5.00. The Bertz CT molecular complexity index is 943. The highest BCUT2D eigenvalue weighted by Crippen LogP contribution is 2.22. The minimum Gasteiger partial charge on any atom is -0.381 e. The van der Waals surface area contributed by atoms with Crippen molar-refractivity contribution < 1.29 is 13.2 Å². The first kappa shape index (κ1) is 17.0. The quantitative estimate of drug-likeness (QED) is 0.891. The molecule has 1 atom stereocenters. The number of fused-ring (bicyclic) bond motifs is 1. The Morgan fingerprint density at radius 2 is 2.00 bits per heavy atom. The zero-order chi connectivity index (χ0) is 18.1. The number of pyridine rings is 1. The van der Waals surface area contributed by atoms with Gasteiger partial charge in [0.05, 0.1) is 11.5 Å². The number of nitrogens with one attached hydrogen (secondary N) is 1. The highest BCUT2D eigenvalue weighted by molar-refractivity contribution is 7.91. The number of hydrogen-bond donors (Lipinski definition) is 1. The molecule has 1 saturated heterocycles. The van der Waals surface area contributed by atoms with Crippen LogP contribution in [-0.4, -0.2) is 48.3 Å². The zero-order valence-corrected chi connectivity index (χ0v) is 15.2. The number of anilines is 1. The Morgan fingerprint density at radius 3 is 2.77 bits per heavy atom. The maximum atomic E-state index is 12.8. The lowest BCUT2D eigenvalue weighted by molar-refractivity contribution is 0.0729. The van der Waals surface area contributed by atoms with Gasteiger partial charge in [-0.25, -0.2) is 8.42 Å². The van der Waals surface area contributed by atoms with Gasteiger partial charge < -0.3 is 10.2 Å². The van der Waals surface area contributed by atoms with Crippen molar-refractivity contribution in [2.45, 2.75) is 25.4 Å². The van der Waals surface area contributed by atoms with Crippen LogP contribution in [0.3, 0.4) is 0 Å². The highest BCUT2D eigenvalue weighted by atomic mass is 32.2. The van der Waals surface area contributed by atoms with Crippen molar-refractivity contribution in [3.8, 4) is 0 Å². The minimum absolute atomic E-state index is 0.0952. The minimum atomic E-state index is -2.94. The lowest BCUT2D eigenvalue weighted by atomic mass is 10.00. The van der Waals surface area contributed by atoms with Crippen molar-refractivity contribution in [3.05, 3.63) is 59.4 Å². The van der Waals surface area contributed by atoms with Gasteiger partial charge in [0, 0.05) is 31.0 Å². The van der Waals surface area contributed by atoms with E-state index < -0.39 is 9.84 Å². The molecule has 0 saturated carbocycles. The number of amides is 1. The largest absolute Gasteiger partial charge is 0.381 e. The summed E-state index contributed by atoms with van der Waals surface area (Å²) in [6.07, 6.45) is 3.04. The van der Waals surface area contributed by atoms with Crippen molar-refractivity contribution in [2.75, 3.05) is 23.4 Å². The first-order chi connectivity index (χ1) is 12.5. The number of carbonyl (C=O) groups is 1. The molecule has 136 valence electrons. The maximum Gasteiger partial charge on any atom is 0.272 e. The van der Waals surface area contributed by atoms with Gasteiger partial charge in [-0.15, -0.1) is 0 Å². The van der Waals surface area contributed by atoms with Crippen LogP contribution in [0.2, 0.25) is 0 Å². The second kappa shape index (κ2) is 6.72. The van der Waals surface area contributed by atoms with Gasteiger partial charge in [-0.1, -0.05) is 24.3 Å². The van der Waals surface area contributed by atoms with Crippen LogP contribution in [0.25, 0.3) is 0 Å². The molecule has 1 N–H and O–H groups in total. The molecule has 0 radical (unpaired) electrons. The van der Waals surface area contributed by atoms with Crippen LogP contribution in [0.15, 0.2) is 42.6 Å². The molecule has 2 aliphatic rings. The number of benzene rings is 1. The molecule has 0 spiro atoms. The average molecular weight is 371 g/mol. The normalized spacial score (nSPS) is 21.2. The molecule has 0 aliphatic carbocycles. The number of rotatable bonds is 3. The summed E-state index contributed by atoms with van der Waals surface area (Å²) in [7, 11) is -2.94. The fraction of sp³-hybridized carbons (Fsp3) is 0.368. The molecule has 1 fully saturated rings. The Hall–Kier alpha value is -2.41. The third kappa shape index (κ3) is 3.58. The molecular formula is C19H21N3O3S. The van der Waals surface area contributed by atoms with Crippen molar-refractivity contribution in [1.29, 1.82) is 0 Å². The molecule has 2 aliphatic heterocycles. The summed E-state index contributed by atoms with van der Waals surface area (Å²) in [5, 5.41) is 3.22. The van der Waals surface area contributed by atoms with E-state index in [1.807, 2.05) is 17.0 Å². The predicted molar refractivity (Wildman–Crippen MR) is 99.8 cm³/mol. The van der Waals surface area contributed by atoms with Crippen LogP contribution in [0, 0.1) is 0 Å². The summed E-state index contributed by atoms with van der Waals surface area (Å²) in [6.45, 7) is 1.27. The van der Waals surface area contributed by atoms with Gasteiger partial charge in [0.25, 0.3) is 5.91 Å². The van der Waals surface area contributed by atoms with Gasteiger partial charge in [0.2, 0.25) is 0 Å². The van der Waals surface area contributed by atoms with Crippen LogP contribution in [0.1, 0.15) is 28.0 Å². The monoisotopic (exact) mass is 371 g/mol. The maximum absolute atomic E-state index is 12.8. The van der Waals surface area contributed by atoms with Crippen LogP contribution >= 0.6 is 0 Å². The molecule has 3 heterocycles. The average Bonchev–Trinajstić information content (AvgIpc) is 2.99. The van der Waals surface area contributed by atoms with E-state index in [-0.39, 0.29) is 23.5 Å². The Morgan fingerprint density at radius 1 is 1.19 bits per heavy atom. The van der Waals surface area contributed by atoms with Gasteiger partial charge in [0.15, 0.2) is 9.84 Å². The summed E-state index contributed by atoms with van der Waals surface area (Å²) in [5.41, 5.74) is 3.60. The summed E-state index contributed by atoms with van der Waals surface area (Å²) in [6, 6.07) is 11.6. The molecular weight excluding hydrogens is 350 g/mol. The predicted octanol–water partition coefficient (Wildman–Crippen LogP) is 1.88. The molecule has 0 bridgehead atoms. The van der Waals surface area contributed by atoms with Crippen molar-refractivity contribution in [1.82, 2.24) is 9.88 Å². The van der Waals surface area contributed by atoms with Gasteiger partial charge >= 0.3 is 0 Å². The SMILES string of the molecule is O=C(c1cc(NC2CCS(=O)(=O)C2)ccn1)N1CCc2ccccc2C1. The van der Waals surface area contributed by atoms with E-state index >= 15 is 0 Å². The molecule has 1 aromatic heterocycles. The van der Waals surface area contributed by atoms with Crippen LogP contribution in [0.5, 0.6) is 0 Å². The molecule has 26 heavy (non-hydrogen) atoms. The lowest BCUT2D eigenvalue weighted by Crippen LogP contribution is -2.36. The fourth-order valence-electron chi connectivity index (χ4n) is 3.61. The Labute approximate surface area is 153 Å². The second-order valence-corrected chi connectivity index (χ2v) is 9.15. The van der Waals surface area contributed by atoms with Crippen molar-refractivity contribution in [3.63, 3.8) is 0 Å². The standard InChI is InChI=1S/C19H21N3O3S/c23-19(22-9-6-14-3-1-2-4-15(14)12-22)18-11-16(5-8-20-18)21-17-7-10-26(24,25)13-17/h1-5,8,11,17H,6-7,9-10,12-13H2,(H,20,21). The zero-order valence-electron chi connectivity index (χ0n) is 14.4. The van der Waals surface area contributed by atoms with Crippen LogP contribution in [0.4, 0.5) is 5.69 Å². The number of carbonyl (C=O) groups excluding carboxylic acids is 1. The second-order valence-electron chi connectivity index (χ2n) is 6.92. The van der Waals surface area contributed by atoms with Gasteiger partial charge in [-0.05, 0) is 36.1 Å². The van der Waals surface area contributed by atoms with E-state index in [2.05, 4.69) is 22.4 Å². The summed E-state index contributed by atoms with van der Waals surface area (Å²) in [5.74, 6) is 0.262. The summed E-state index contributed by atoms with van der Waals surface area (Å²) in [4.78, 5) is 18.9. The third-order valence-corrected chi connectivity index (χ3v) is 6.77. The lowest BCUT2D eigenvalue weighted by Gasteiger charge is -2.28. The molecule has 1 amide bonds. The van der Waals surface area contributed by atoms with E-state index in [1.54, 1.807) is 18.3 Å². The molecule has 1 unspecified atom stereocenters. The molecule has 4 rings (SSSR count). The smallest absolute Gasteiger partial charge is 0.272 e. The van der Waals surface area contributed by atoms with E-state index in [0.29, 0.717) is 25.2 Å². The molecule has 1 aromatic carbocycles. The highest BCUT2D eigenvalue weighted by Gasteiger charge is 2.28. The topological polar surface area (TPSA) is 79.4 Å². The fourth-order valence-corrected chi connectivity index (χ4v) is 5.29.